The van der Waals surface area contributed by atoms with Gasteiger partial charge >= 0.3 is 0 Å². The van der Waals surface area contributed by atoms with E-state index in [0.717, 1.165) is 59.8 Å². The van der Waals surface area contributed by atoms with Gasteiger partial charge in [0.15, 0.2) is 16.6 Å². The van der Waals surface area contributed by atoms with Crippen LogP contribution in [0, 0.1) is 0 Å². The molecule has 1 saturated heterocycles. The molecule has 1 aromatic heterocycles. The summed E-state index contributed by atoms with van der Waals surface area (Å²) in [6, 6.07) is 14.7. The fourth-order valence-corrected chi connectivity index (χ4v) is 4.88. The number of anilines is 1. The van der Waals surface area contributed by atoms with E-state index >= 15 is 0 Å². The van der Waals surface area contributed by atoms with E-state index < -0.39 is 0 Å². The zero-order valence-corrected chi connectivity index (χ0v) is 18.0. The van der Waals surface area contributed by atoms with Gasteiger partial charge < -0.3 is 19.1 Å². The van der Waals surface area contributed by atoms with Crippen LogP contribution in [0.5, 0.6) is 17.2 Å². The quantitative estimate of drug-likeness (QED) is 0.605. The van der Waals surface area contributed by atoms with Crippen LogP contribution in [0.2, 0.25) is 0 Å². The van der Waals surface area contributed by atoms with Gasteiger partial charge in [-0.05, 0) is 48.9 Å². The molecule has 1 unspecified atom stereocenters. The first kappa shape index (κ1) is 19.2. The van der Waals surface area contributed by atoms with Crippen LogP contribution in [-0.4, -0.2) is 50.0 Å². The van der Waals surface area contributed by atoms with Crippen LogP contribution in [-0.2, 0) is 0 Å². The number of aromatic nitrogens is 1. The van der Waals surface area contributed by atoms with Crippen molar-refractivity contribution in [3.63, 3.8) is 0 Å². The lowest BCUT2D eigenvalue weighted by Gasteiger charge is -2.38. The Hall–Kier alpha value is -2.77. The van der Waals surface area contributed by atoms with E-state index in [0.29, 0.717) is 12.8 Å². The number of hydrogen-bond donors (Lipinski definition) is 0. The van der Waals surface area contributed by atoms with Gasteiger partial charge in [0.1, 0.15) is 5.75 Å². The van der Waals surface area contributed by atoms with Crippen molar-refractivity contribution >= 4 is 16.5 Å². The van der Waals surface area contributed by atoms with Gasteiger partial charge in [-0.2, -0.15) is 0 Å². The lowest BCUT2D eigenvalue weighted by atomic mass is 10.1. The van der Waals surface area contributed by atoms with Gasteiger partial charge in [-0.15, -0.1) is 11.3 Å². The molecule has 0 bridgehead atoms. The van der Waals surface area contributed by atoms with Crippen LogP contribution in [0.1, 0.15) is 18.5 Å². The largest absolute Gasteiger partial charge is 0.497 e. The minimum Gasteiger partial charge on any atom is -0.497 e. The maximum absolute atomic E-state index is 5.54. The van der Waals surface area contributed by atoms with Gasteiger partial charge in [0.05, 0.1) is 12.8 Å². The van der Waals surface area contributed by atoms with Gasteiger partial charge in [-0.25, -0.2) is 4.98 Å². The van der Waals surface area contributed by atoms with Gasteiger partial charge in [0.2, 0.25) is 6.79 Å². The van der Waals surface area contributed by atoms with Crippen LogP contribution >= 0.6 is 11.3 Å². The highest BCUT2D eigenvalue weighted by molar-refractivity contribution is 7.14. The zero-order chi connectivity index (χ0) is 20.5. The third-order valence-electron chi connectivity index (χ3n) is 5.89. The lowest BCUT2D eigenvalue weighted by molar-refractivity contribution is 0.173. The molecule has 1 atom stereocenters. The molecular weight excluding hydrogens is 398 g/mol. The molecule has 0 radical (unpaired) electrons. The third-order valence-corrected chi connectivity index (χ3v) is 6.79. The second-order valence-electron chi connectivity index (χ2n) is 7.56. The van der Waals surface area contributed by atoms with Gasteiger partial charge in [0.25, 0.3) is 0 Å². The van der Waals surface area contributed by atoms with Crippen LogP contribution in [0.4, 0.5) is 5.13 Å². The molecule has 5 rings (SSSR count). The number of benzene rings is 2. The normalized spacial score (nSPS) is 17.2. The minimum absolute atomic E-state index is 0.318. The molecule has 7 heteroatoms. The Balaban J connectivity index is 1.22. The van der Waals surface area contributed by atoms with E-state index in [1.54, 1.807) is 18.4 Å². The molecule has 2 aliphatic rings. The first-order valence-electron chi connectivity index (χ1n) is 10.2. The Kier molecular flexibility index (Phi) is 5.23. The third kappa shape index (κ3) is 3.70. The lowest BCUT2D eigenvalue weighted by Crippen LogP contribution is -2.47. The van der Waals surface area contributed by atoms with E-state index in [-0.39, 0.29) is 0 Å². The predicted octanol–water partition coefficient (Wildman–Crippen LogP) is 4.43. The number of nitrogens with zero attached hydrogens (tertiary/aromatic N) is 3. The molecule has 1 fully saturated rings. The summed E-state index contributed by atoms with van der Waals surface area (Å²) in [5, 5.41) is 3.23. The summed E-state index contributed by atoms with van der Waals surface area (Å²) in [7, 11) is 1.68. The molecule has 3 heterocycles. The summed E-state index contributed by atoms with van der Waals surface area (Å²) in [5.41, 5.74) is 3.41. The van der Waals surface area contributed by atoms with Crippen molar-refractivity contribution < 1.29 is 14.2 Å². The molecule has 6 nitrogen and oxygen atoms in total. The van der Waals surface area contributed by atoms with Crippen LogP contribution in [0.15, 0.2) is 47.8 Å². The topological polar surface area (TPSA) is 47.1 Å². The smallest absolute Gasteiger partial charge is 0.231 e. The van der Waals surface area contributed by atoms with Crippen molar-refractivity contribution in [3.8, 4) is 28.5 Å². The molecule has 2 aliphatic heterocycles. The Bertz CT molecular complexity index is 1010. The van der Waals surface area contributed by atoms with Crippen molar-refractivity contribution in [1.29, 1.82) is 0 Å². The second kappa shape index (κ2) is 8.16. The summed E-state index contributed by atoms with van der Waals surface area (Å²) in [4.78, 5) is 9.79. The van der Waals surface area contributed by atoms with E-state index in [1.165, 1.54) is 5.56 Å². The Labute approximate surface area is 180 Å². The summed E-state index contributed by atoms with van der Waals surface area (Å²) < 4.78 is 16.2. The van der Waals surface area contributed by atoms with Crippen LogP contribution in [0.25, 0.3) is 11.3 Å². The van der Waals surface area contributed by atoms with E-state index in [4.69, 9.17) is 19.2 Å². The fourth-order valence-electron chi connectivity index (χ4n) is 3.99. The molecule has 0 spiro atoms. The first-order valence-corrected chi connectivity index (χ1v) is 11.1. The number of hydrogen-bond acceptors (Lipinski definition) is 7. The number of piperazine rings is 1. The van der Waals surface area contributed by atoms with Crippen molar-refractivity contribution in [2.75, 3.05) is 45.0 Å². The Morgan fingerprint density at radius 2 is 1.77 bits per heavy atom. The highest BCUT2D eigenvalue weighted by Crippen LogP contribution is 2.36. The molecule has 2 aromatic carbocycles. The Morgan fingerprint density at radius 1 is 1.00 bits per heavy atom. The molecule has 3 aromatic rings. The molecule has 0 aliphatic carbocycles. The maximum Gasteiger partial charge on any atom is 0.231 e. The highest BCUT2D eigenvalue weighted by atomic mass is 32.1. The van der Waals surface area contributed by atoms with Gasteiger partial charge in [0, 0.05) is 43.2 Å². The minimum atomic E-state index is 0.318. The molecule has 0 N–H and O–H groups in total. The van der Waals surface area contributed by atoms with E-state index in [1.807, 2.05) is 18.2 Å². The van der Waals surface area contributed by atoms with Crippen molar-refractivity contribution in [2.45, 2.75) is 13.0 Å². The van der Waals surface area contributed by atoms with Crippen LogP contribution in [0.3, 0.4) is 0 Å². The molecular formula is C23H25N3O3S. The Morgan fingerprint density at radius 3 is 2.53 bits per heavy atom. The van der Waals surface area contributed by atoms with Gasteiger partial charge in [-0.1, -0.05) is 6.07 Å². The van der Waals surface area contributed by atoms with E-state index in [9.17, 15) is 0 Å². The average molecular weight is 424 g/mol. The molecule has 156 valence electrons. The fraction of sp³-hybridized carbons (Fsp3) is 0.348. The number of ether oxygens (including phenoxy) is 3. The summed E-state index contributed by atoms with van der Waals surface area (Å²) in [5.74, 6) is 2.56. The monoisotopic (exact) mass is 423 g/mol. The molecule has 0 saturated carbocycles. The number of fused-ring (bicyclic) bond motifs is 1. The molecule has 0 amide bonds. The highest BCUT2D eigenvalue weighted by Gasteiger charge is 2.25. The number of rotatable bonds is 5. The average Bonchev–Trinajstić information content (AvgIpc) is 3.48. The van der Waals surface area contributed by atoms with Gasteiger partial charge in [-0.3, -0.25) is 4.90 Å². The maximum atomic E-state index is 5.54. The number of methoxy groups -OCH3 is 1. The van der Waals surface area contributed by atoms with Crippen molar-refractivity contribution in [3.05, 3.63) is 53.4 Å². The summed E-state index contributed by atoms with van der Waals surface area (Å²) >= 11 is 1.71. The van der Waals surface area contributed by atoms with E-state index in [2.05, 4.69) is 46.4 Å². The number of thiazole rings is 1. The standard InChI is InChI=1S/C23H25N3O3S/c1-16(18-5-8-21-22(13-18)29-15-28-21)25-9-11-26(12-10-25)23-24-20(14-30-23)17-3-6-19(27-2)7-4-17/h3-8,13-14,16H,9-12,15H2,1-2H3. The second-order valence-corrected chi connectivity index (χ2v) is 8.39. The van der Waals surface area contributed by atoms with Crippen molar-refractivity contribution in [2.24, 2.45) is 0 Å². The van der Waals surface area contributed by atoms with Crippen molar-refractivity contribution in [1.82, 2.24) is 9.88 Å². The molecule has 30 heavy (non-hydrogen) atoms. The summed E-state index contributed by atoms with van der Waals surface area (Å²) in [6.07, 6.45) is 0. The zero-order valence-electron chi connectivity index (χ0n) is 17.2. The first-order chi connectivity index (χ1) is 14.7. The van der Waals surface area contributed by atoms with Crippen LogP contribution < -0.4 is 19.1 Å². The summed E-state index contributed by atoms with van der Waals surface area (Å²) in [6.45, 7) is 6.55. The SMILES string of the molecule is COc1ccc(-c2csc(N3CCN(C(C)c4ccc5c(c4)OCO5)CC3)n2)cc1. The predicted molar refractivity (Wildman–Crippen MR) is 119 cm³/mol.